The molecule has 6 N–H and O–H groups in total. The highest BCUT2D eigenvalue weighted by Crippen LogP contribution is 2.39. The van der Waals surface area contributed by atoms with Gasteiger partial charge in [0.05, 0.1) is 12.4 Å². The molecule has 0 spiro atoms. The Balaban J connectivity index is 1.98. The molecule has 0 saturated carbocycles. The van der Waals surface area contributed by atoms with Crippen LogP contribution in [0.2, 0.25) is 0 Å². The first-order valence-corrected chi connectivity index (χ1v) is 8.96. The van der Waals surface area contributed by atoms with E-state index in [0.717, 1.165) is 0 Å². The molecule has 0 fully saturated rings. The summed E-state index contributed by atoms with van der Waals surface area (Å²) in [5.74, 6) is 0.618. The molecule has 0 radical (unpaired) electrons. The molecule has 25 heavy (non-hydrogen) atoms. The van der Waals surface area contributed by atoms with Gasteiger partial charge in [0.1, 0.15) is 0 Å². The quantitative estimate of drug-likeness (QED) is 0.493. The Labute approximate surface area is 142 Å². The van der Waals surface area contributed by atoms with E-state index in [2.05, 4.69) is 19.9 Å². The van der Waals surface area contributed by atoms with Crippen LogP contribution in [0.3, 0.4) is 0 Å². The van der Waals surface area contributed by atoms with Gasteiger partial charge in [-0.1, -0.05) is 12.1 Å². The van der Waals surface area contributed by atoms with Crippen molar-refractivity contribution in [3.63, 3.8) is 0 Å². The van der Waals surface area contributed by atoms with Gasteiger partial charge in [0.25, 0.3) is 0 Å². The molecule has 130 valence electrons. The summed E-state index contributed by atoms with van der Waals surface area (Å²) in [6.07, 6.45) is 1.17. The van der Waals surface area contributed by atoms with Crippen molar-refractivity contribution in [1.82, 2.24) is 19.9 Å². The predicted molar refractivity (Wildman–Crippen MR) is 94.2 cm³/mol. The molecule has 3 aromatic rings. The van der Waals surface area contributed by atoms with Crippen LogP contribution in [0.1, 0.15) is 5.56 Å². The summed E-state index contributed by atoms with van der Waals surface area (Å²) in [6, 6.07) is 6.83. The van der Waals surface area contributed by atoms with Crippen LogP contribution in [0.4, 0.5) is 23.3 Å². The van der Waals surface area contributed by atoms with E-state index >= 15 is 0 Å². The average Bonchev–Trinajstić information content (AvgIpc) is 2.52. The Kier molecular flexibility index (Phi) is 4.25. The third-order valence-corrected chi connectivity index (χ3v) is 4.25. The van der Waals surface area contributed by atoms with E-state index in [1.807, 2.05) is 0 Å². The van der Waals surface area contributed by atoms with Crippen LogP contribution >= 0.6 is 7.60 Å². The van der Waals surface area contributed by atoms with E-state index in [1.54, 1.807) is 36.2 Å². The van der Waals surface area contributed by atoms with Crippen LogP contribution < -0.4 is 16.4 Å². The molecule has 0 aliphatic rings. The Morgan fingerprint density at radius 1 is 1.20 bits per heavy atom. The van der Waals surface area contributed by atoms with Gasteiger partial charge in [-0.2, -0.15) is 9.97 Å². The summed E-state index contributed by atoms with van der Waals surface area (Å²) >= 11 is 0. The first-order valence-electron chi connectivity index (χ1n) is 7.16. The van der Waals surface area contributed by atoms with E-state index in [-0.39, 0.29) is 23.6 Å². The number of hydrogen-bond donors (Lipinski definition) is 4. The zero-order chi connectivity index (χ0) is 18.2. The maximum atomic E-state index is 11.2. The Morgan fingerprint density at radius 3 is 2.68 bits per heavy atom. The van der Waals surface area contributed by atoms with Gasteiger partial charge in [-0.05, 0) is 17.7 Å². The van der Waals surface area contributed by atoms with E-state index in [9.17, 15) is 4.57 Å². The van der Waals surface area contributed by atoms with Gasteiger partial charge in [0.2, 0.25) is 5.95 Å². The van der Waals surface area contributed by atoms with E-state index < -0.39 is 7.60 Å². The highest BCUT2D eigenvalue weighted by Gasteiger charge is 2.16. The van der Waals surface area contributed by atoms with Crippen molar-refractivity contribution >= 4 is 42.0 Å². The molecule has 0 aliphatic heterocycles. The number of anilines is 4. The predicted octanol–water partition coefficient (Wildman–Crippen LogP) is 1.03. The van der Waals surface area contributed by atoms with Gasteiger partial charge in [-0.25, -0.2) is 9.97 Å². The molecular weight excluding hydrogens is 345 g/mol. The summed E-state index contributed by atoms with van der Waals surface area (Å²) in [5.41, 5.74) is 13.2. The van der Waals surface area contributed by atoms with Gasteiger partial charge < -0.3 is 26.2 Å². The average molecular weight is 361 g/mol. The lowest BCUT2D eigenvalue weighted by molar-refractivity contribution is 0.372. The molecule has 0 amide bonds. The van der Waals surface area contributed by atoms with Crippen LogP contribution in [0.25, 0.3) is 11.2 Å². The zero-order valence-corrected chi connectivity index (χ0v) is 14.1. The lowest BCUT2D eigenvalue weighted by atomic mass is 10.2. The van der Waals surface area contributed by atoms with Crippen molar-refractivity contribution in [1.29, 1.82) is 0 Å². The van der Waals surface area contributed by atoms with Gasteiger partial charge in [0.15, 0.2) is 22.8 Å². The minimum Gasteiger partial charge on any atom is -0.382 e. The number of aromatic nitrogens is 4. The molecule has 0 aliphatic carbocycles. The number of hydrogen-bond acceptors (Lipinski definition) is 8. The number of fused-ring (bicyclic) bond motifs is 1. The SMILES string of the molecule is CN(c1cccc(CP(=O)(O)O)c1)c1cnc2nc(N)nc(N)c2n1. The van der Waals surface area contributed by atoms with Gasteiger partial charge in [0, 0.05) is 12.7 Å². The summed E-state index contributed by atoms with van der Waals surface area (Å²) in [6.45, 7) is 0. The maximum absolute atomic E-state index is 11.2. The summed E-state index contributed by atoms with van der Waals surface area (Å²) in [7, 11) is -2.39. The van der Waals surface area contributed by atoms with Crippen molar-refractivity contribution in [2.24, 2.45) is 0 Å². The van der Waals surface area contributed by atoms with Crippen LogP contribution in [-0.4, -0.2) is 36.8 Å². The second-order valence-corrected chi connectivity index (χ2v) is 7.06. The number of nitrogen functional groups attached to an aromatic ring is 2. The molecule has 10 nitrogen and oxygen atoms in total. The first-order chi connectivity index (χ1) is 11.7. The summed E-state index contributed by atoms with van der Waals surface area (Å²) < 4.78 is 11.2. The maximum Gasteiger partial charge on any atom is 0.329 e. The third kappa shape index (κ3) is 3.82. The molecule has 1 aromatic carbocycles. The third-order valence-electron chi connectivity index (χ3n) is 3.47. The molecule has 3 rings (SSSR count). The van der Waals surface area contributed by atoms with Gasteiger partial charge in [-0.15, -0.1) is 0 Å². The fraction of sp³-hybridized carbons (Fsp3) is 0.143. The largest absolute Gasteiger partial charge is 0.382 e. The van der Waals surface area contributed by atoms with Crippen molar-refractivity contribution in [3.05, 3.63) is 36.0 Å². The van der Waals surface area contributed by atoms with Crippen LogP contribution in [-0.2, 0) is 10.7 Å². The van der Waals surface area contributed by atoms with Crippen molar-refractivity contribution < 1.29 is 14.4 Å². The molecule has 2 aromatic heterocycles. The van der Waals surface area contributed by atoms with Crippen molar-refractivity contribution in [2.75, 3.05) is 23.4 Å². The first kappa shape index (κ1) is 17.0. The molecule has 0 saturated heterocycles. The number of nitrogens with zero attached hydrogens (tertiary/aromatic N) is 5. The minimum absolute atomic E-state index is 0.0190. The minimum atomic E-state index is -4.14. The lowest BCUT2D eigenvalue weighted by Crippen LogP contribution is -2.13. The number of benzene rings is 1. The fourth-order valence-corrected chi connectivity index (χ4v) is 3.00. The van der Waals surface area contributed by atoms with Gasteiger partial charge in [-0.3, -0.25) is 4.57 Å². The molecular formula is C14H16N7O3P. The monoisotopic (exact) mass is 361 g/mol. The topological polar surface area (TPSA) is 164 Å². The molecule has 2 heterocycles. The Morgan fingerprint density at radius 2 is 1.96 bits per heavy atom. The van der Waals surface area contributed by atoms with Crippen LogP contribution in [0, 0.1) is 0 Å². The van der Waals surface area contributed by atoms with Crippen molar-refractivity contribution in [2.45, 2.75) is 6.16 Å². The van der Waals surface area contributed by atoms with Gasteiger partial charge >= 0.3 is 7.60 Å². The van der Waals surface area contributed by atoms with Crippen molar-refractivity contribution in [3.8, 4) is 0 Å². The van der Waals surface area contributed by atoms with E-state index in [0.29, 0.717) is 22.6 Å². The molecule has 11 heteroatoms. The molecule has 0 bridgehead atoms. The second-order valence-electron chi connectivity index (χ2n) is 5.42. The molecule has 0 atom stereocenters. The zero-order valence-electron chi connectivity index (χ0n) is 13.2. The van der Waals surface area contributed by atoms with E-state index in [4.69, 9.17) is 21.3 Å². The standard InChI is InChI=1S/C14H16N7O3P/c1-21(9-4-2-3-8(5-9)7-25(22,23)24)10-6-17-13-11(18-10)12(15)19-14(16)20-13/h2-6H,7H2,1H3,(H2,22,23,24)(H4,15,16,17,19,20). The number of rotatable bonds is 4. The van der Waals surface area contributed by atoms with E-state index in [1.165, 1.54) is 6.20 Å². The Hall–Kier alpha value is -2.81. The van der Waals surface area contributed by atoms with Crippen LogP contribution in [0.5, 0.6) is 0 Å². The summed E-state index contributed by atoms with van der Waals surface area (Å²) in [4.78, 5) is 36.4. The Bertz CT molecular complexity index is 991. The molecule has 0 unspecified atom stereocenters. The summed E-state index contributed by atoms with van der Waals surface area (Å²) in [5, 5.41) is 0. The smallest absolute Gasteiger partial charge is 0.329 e. The fourth-order valence-electron chi connectivity index (χ4n) is 2.33. The highest BCUT2D eigenvalue weighted by molar-refractivity contribution is 7.50. The highest BCUT2D eigenvalue weighted by atomic mass is 31.2. The number of nitrogens with two attached hydrogens (primary N) is 2. The second kappa shape index (κ2) is 6.25. The normalized spacial score (nSPS) is 11.6. The van der Waals surface area contributed by atoms with Crippen LogP contribution in [0.15, 0.2) is 30.5 Å². The lowest BCUT2D eigenvalue weighted by Gasteiger charge is -2.19.